The Bertz CT molecular complexity index is 853. The predicted molar refractivity (Wildman–Crippen MR) is 113 cm³/mol. The summed E-state index contributed by atoms with van der Waals surface area (Å²) in [5, 5.41) is 9.14. The Kier molecular flexibility index (Phi) is 6.57. The fourth-order valence-electron chi connectivity index (χ4n) is 4.11. The molecule has 1 amide bonds. The van der Waals surface area contributed by atoms with Gasteiger partial charge in [0.15, 0.2) is 0 Å². The number of nitrogens with zero attached hydrogens (tertiary/aromatic N) is 1. The van der Waals surface area contributed by atoms with E-state index in [0.717, 1.165) is 22.4 Å². The molecule has 2 aromatic rings. The van der Waals surface area contributed by atoms with Crippen LogP contribution in [0.2, 0.25) is 0 Å². The number of aliphatic carboxylic acids is 1. The van der Waals surface area contributed by atoms with Crippen LogP contribution >= 0.6 is 0 Å². The van der Waals surface area contributed by atoms with Gasteiger partial charge >= 0.3 is 5.97 Å². The Balaban J connectivity index is 1.67. The van der Waals surface area contributed by atoms with E-state index < -0.39 is 5.97 Å². The van der Waals surface area contributed by atoms with E-state index in [1.165, 1.54) is 0 Å². The lowest BCUT2D eigenvalue weighted by molar-refractivity contribution is -0.145. The first-order chi connectivity index (χ1) is 13.9. The molecule has 1 atom stereocenters. The van der Waals surface area contributed by atoms with Crippen molar-refractivity contribution in [2.45, 2.75) is 38.6 Å². The molecule has 1 aliphatic carbocycles. The molecule has 0 aromatic heterocycles. The van der Waals surface area contributed by atoms with Gasteiger partial charge in [0.1, 0.15) is 5.75 Å². The molecule has 0 heterocycles. The van der Waals surface area contributed by atoms with Gasteiger partial charge in [0.05, 0.1) is 19.1 Å². The van der Waals surface area contributed by atoms with Crippen molar-refractivity contribution in [1.82, 2.24) is 4.90 Å². The van der Waals surface area contributed by atoms with E-state index in [0.29, 0.717) is 25.7 Å². The minimum Gasteiger partial charge on any atom is -0.496 e. The van der Waals surface area contributed by atoms with Gasteiger partial charge in [-0.15, -0.1) is 0 Å². The average molecular weight is 395 g/mol. The molecule has 1 unspecified atom stereocenters. The maximum Gasteiger partial charge on any atom is 0.306 e. The molecular weight excluding hydrogens is 366 g/mol. The van der Waals surface area contributed by atoms with Crippen molar-refractivity contribution in [1.29, 1.82) is 0 Å². The van der Waals surface area contributed by atoms with Gasteiger partial charge < -0.3 is 14.7 Å². The smallest absolute Gasteiger partial charge is 0.306 e. The minimum atomic E-state index is -0.743. The van der Waals surface area contributed by atoms with Crippen LogP contribution in [-0.4, -0.2) is 36.0 Å². The topological polar surface area (TPSA) is 66.8 Å². The number of ether oxygens (including phenoxy) is 1. The molecule has 29 heavy (non-hydrogen) atoms. The van der Waals surface area contributed by atoms with E-state index in [1.807, 2.05) is 38.2 Å². The third-order valence-corrected chi connectivity index (χ3v) is 6.17. The molecule has 1 N–H and O–H groups in total. The van der Waals surface area contributed by atoms with Crippen molar-refractivity contribution in [2.24, 2.45) is 11.8 Å². The molecule has 2 aromatic carbocycles. The summed E-state index contributed by atoms with van der Waals surface area (Å²) in [6.07, 6.45) is 2.47. The van der Waals surface area contributed by atoms with Crippen molar-refractivity contribution in [3.8, 4) is 16.9 Å². The highest BCUT2D eigenvalue weighted by atomic mass is 16.5. The molecule has 0 aliphatic heterocycles. The summed E-state index contributed by atoms with van der Waals surface area (Å²) in [6, 6.07) is 16.1. The third-order valence-electron chi connectivity index (χ3n) is 6.17. The zero-order valence-corrected chi connectivity index (χ0v) is 17.3. The quantitative estimate of drug-likeness (QED) is 0.765. The van der Waals surface area contributed by atoms with Gasteiger partial charge in [-0.05, 0) is 49.8 Å². The summed E-state index contributed by atoms with van der Waals surface area (Å²) in [4.78, 5) is 25.8. The van der Waals surface area contributed by atoms with Gasteiger partial charge in [0.25, 0.3) is 0 Å². The third kappa shape index (κ3) is 4.61. The highest BCUT2D eigenvalue weighted by Gasteiger charge is 2.32. The molecule has 5 heteroatoms. The normalized spacial score (nSPS) is 20.0. The first-order valence-electron chi connectivity index (χ1n) is 10.1. The second-order valence-electron chi connectivity index (χ2n) is 7.83. The van der Waals surface area contributed by atoms with Crippen molar-refractivity contribution < 1.29 is 19.4 Å². The molecule has 1 saturated carbocycles. The maximum absolute atomic E-state index is 12.9. The van der Waals surface area contributed by atoms with E-state index in [4.69, 9.17) is 9.84 Å². The second-order valence-corrected chi connectivity index (χ2v) is 7.83. The fraction of sp³-hybridized carbons (Fsp3) is 0.417. The van der Waals surface area contributed by atoms with Crippen molar-refractivity contribution >= 4 is 11.9 Å². The largest absolute Gasteiger partial charge is 0.496 e. The number of carbonyl (C=O) groups excluding carboxylic acids is 1. The van der Waals surface area contributed by atoms with Gasteiger partial charge in [-0.2, -0.15) is 0 Å². The number of rotatable bonds is 6. The Morgan fingerprint density at radius 2 is 1.59 bits per heavy atom. The molecule has 3 rings (SSSR count). The first kappa shape index (κ1) is 20.9. The summed E-state index contributed by atoms with van der Waals surface area (Å²) >= 11 is 0. The molecule has 1 aliphatic rings. The van der Waals surface area contributed by atoms with E-state index in [2.05, 4.69) is 24.3 Å². The minimum absolute atomic E-state index is 0.0496. The summed E-state index contributed by atoms with van der Waals surface area (Å²) in [5.41, 5.74) is 3.17. The van der Waals surface area contributed by atoms with Crippen LogP contribution in [0.1, 0.15) is 44.2 Å². The number of benzene rings is 2. The first-order valence-corrected chi connectivity index (χ1v) is 10.1. The number of hydrogen-bond donors (Lipinski definition) is 1. The SMILES string of the molecule is COc1ccccc1-c1ccc(C(C)N(C)C(=O)C2CCC(C(=O)O)CC2)cc1. The van der Waals surface area contributed by atoms with Gasteiger partial charge in [-0.25, -0.2) is 0 Å². The molecule has 1 fully saturated rings. The molecule has 0 bridgehead atoms. The lowest BCUT2D eigenvalue weighted by Gasteiger charge is -2.32. The highest BCUT2D eigenvalue weighted by molar-refractivity contribution is 5.80. The summed E-state index contributed by atoms with van der Waals surface area (Å²) in [7, 11) is 3.50. The second kappa shape index (κ2) is 9.12. The molecule has 5 nitrogen and oxygen atoms in total. The Morgan fingerprint density at radius 3 is 2.17 bits per heavy atom. The van der Waals surface area contributed by atoms with Crippen LogP contribution in [0.3, 0.4) is 0 Å². The lowest BCUT2D eigenvalue weighted by Crippen LogP contribution is -2.37. The average Bonchev–Trinajstić information content (AvgIpc) is 2.77. The molecule has 154 valence electrons. The van der Waals surface area contributed by atoms with Crippen molar-refractivity contribution in [3.63, 3.8) is 0 Å². The van der Waals surface area contributed by atoms with Crippen LogP contribution in [0.4, 0.5) is 0 Å². The molecular formula is C24H29NO4. The van der Waals surface area contributed by atoms with Gasteiger partial charge in [-0.3, -0.25) is 9.59 Å². The standard InChI is InChI=1S/C24H29NO4/c1-16(25(2)23(26)19-12-14-20(15-13-19)24(27)28)17-8-10-18(11-9-17)21-6-4-5-7-22(21)29-3/h4-11,16,19-20H,12-15H2,1-3H3,(H,27,28). The highest BCUT2D eigenvalue weighted by Crippen LogP contribution is 2.33. The Hall–Kier alpha value is -2.82. The van der Waals surface area contributed by atoms with Crippen LogP contribution in [0, 0.1) is 11.8 Å². The number of para-hydroxylation sites is 1. The lowest BCUT2D eigenvalue weighted by atomic mass is 9.81. The van der Waals surface area contributed by atoms with E-state index in [9.17, 15) is 9.59 Å². The summed E-state index contributed by atoms with van der Waals surface area (Å²) in [5.74, 6) is -0.185. The molecule has 0 saturated heterocycles. The van der Waals surface area contributed by atoms with E-state index in [-0.39, 0.29) is 23.8 Å². The van der Waals surface area contributed by atoms with Gasteiger partial charge in [0.2, 0.25) is 5.91 Å². The van der Waals surface area contributed by atoms with Crippen LogP contribution in [0.15, 0.2) is 48.5 Å². The number of carboxylic acids is 1. The van der Waals surface area contributed by atoms with Gasteiger partial charge in [-0.1, -0.05) is 42.5 Å². The van der Waals surface area contributed by atoms with Crippen molar-refractivity contribution in [2.75, 3.05) is 14.2 Å². The summed E-state index contributed by atoms with van der Waals surface area (Å²) < 4.78 is 5.45. The number of carbonyl (C=O) groups is 2. The number of amides is 1. The van der Waals surface area contributed by atoms with E-state index in [1.54, 1.807) is 12.0 Å². The molecule has 0 radical (unpaired) electrons. The Labute approximate surface area is 172 Å². The number of carboxylic acid groups (broad SMARTS) is 1. The van der Waals surface area contributed by atoms with Crippen LogP contribution < -0.4 is 4.74 Å². The summed E-state index contributed by atoms with van der Waals surface area (Å²) in [6.45, 7) is 2.03. The number of methoxy groups -OCH3 is 1. The zero-order chi connectivity index (χ0) is 21.0. The predicted octanol–water partition coefficient (Wildman–Crippen LogP) is 4.77. The van der Waals surface area contributed by atoms with Crippen molar-refractivity contribution in [3.05, 3.63) is 54.1 Å². The van der Waals surface area contributed by atoms with Crippen LogP contribution in [-0.2, 0) is 9.59 Å². The monoisotopic (exact) mass is 395 g/mol. The maximum atomic E-state index is 12.9. The number of hydrogen-bond acceptors (Lipinski definition) is 3. The van der Waals surface area contributed by atoms with Crippen LogP contribution in [0.25, 0.3) is 11.1 Å². The fourth-order valence-corrected chi connectivity index (χ4v) is 4.11. The Morgan fingerprint density at radius 1 is 1.00 bits per heavy atom. The van der Waals surface area contributed by atoms with Gasteiger partial charge in [0, 0.05) is 18.5 Å². The van der Waals surface area contributed by atoms with E-state index >= 15 is 0 Å². The van der Waals surface area contributed by atoms with Crippen LogP contribution in [0.5, 0.6) is 5.75 Å². The zero-order valence-electron chi connectivity index (χ0n) is 17.3. The molecule has 0 spiro atoms.